The van der Waals surface area contributed by atoms with E-state index in [-0.39, 0.29) is 0 Å². The summed E-state index contributed by atoms with van der Waals surface area (Å²) in [5, 5.41) is 1.19. The van der Waals surface area contributed by atoms with E-state index < -0.39 is 11.6 Å². The Morgan fingerprint density at radius 3 is 1.42 bits per heavy atom. The number of carbonyl (C=O) groups is 1. The van der Waals surface area contributed by atoms with Gasteiger partial charge in [-0.15, -0.1) is 0 Å². The molecule has 1 aliphatic rings. The summed E-state index contributed by atoms with van der Waals surface area (Å²) in [7, 11) is 7.82. The predicted octanol–water partition coefficient (Wildman–Crippen LogP) is 12.8. The van der Waals surface area contributed by atoms with Crippen LogP contribution in [0.15, 0.2) is 127 Å². The molecule has 0 saturated carbocycles. The lowest BCUT2D eigenvalue weighted by Crippen LogP contribution is -2.23. The van der Waals surface area contributed by atoms with Crippen LogP contribution >= 0.6 is 86.9 Å². The summed E-state index contributed by atoms with van der Waals surface area (Å²) in [6.45, 7) is 0. The highest BCUT2D eigenvalue weighted by Crippen LogP contribution is 2.54. The average Bonchev–Trinajstić information content (AvgIpc) is 3.39. The van der Waals surface area contributed by atoms with Gasteiger partial charge >= 0.3 is 5.97 Å². The van der Waals surface area contributed by atoms with Crippen LogP contribution in [0.3, 0.4) is 0 Å². The van der Waals surface area contributed by atoms with Crippen molar-refractivity contribution in [1.29, 1.82) is 0 Å². The Bertz CT molecular complexity index is 2070. The van der Waals surface area contributed by atoms with Gasteiger partial charge in [0.05, 0.1) is 27.0 Å². The summed E-state index contributed by atoms with van der Waals surface area (Å²) >= 11 is 28.7. The fraction of sp³-hybridized carbons (Fsp3) is 0.125. The third-order valence-corrected chi connectivity index (χ3v) is 13.9. The Balaban J connectivity index is 1.76. The smallest absolute Gasteiger partial charge is 0.341 e. The summed E-state index contributed by atoms with van der Waals surface area (Å²) in [5.41, 5.74) is 6.60. The topological polar surface area (TPSA) is 32.8 Å². The summed E-state index contributed by atoms with van der Waals surface area (Å²) < 4.78 is 9.31. The van der Waals surface area contributed by atoms with Crippen LogP contribution in [-0.4, -0.2) is 34.2 Å². The predicted molar refractivity (Wildman–Crippen MR) is 223 cm³/mol. The van der Waals surface area contributed by atoms with E-state index in [1.807, 2.05) is 147 Å². The first-order valence-electron chi connectivity index (χ1n) is 15.4. The third kappa shape index (κ3) is 7.00. The molecule has 0 saturated heterocycles. The Morgan fingerprint density at radius 1 is 0.600 bits per heavy atom. The molecule has 10 heteroatoms. The lowest BCUT2D eigenvalue weighted by atomic mass is 9.83. The van der Waals surface area contributed by atoms with Gasteiger partial charge in [0.1, 0.15) is 0 Å². The first-order valence-corrected chi connectivity index (χ1v) is 19.4. The molecule has 0 unspecified atom stereocenters. The Labute approximate surface area is 336 Å². The van der Waals surface area contributed by atoms with Crippen LogP contribution in [0.5, 0.6) is 0 Å². The van der Waals surface area contributed by atoms with Crippen molar-refractivity contribution in [1.82, 2.24) is 0 Å². The second-order valence-corrected chi connectivity index (χ2v) is 16.1. The number of benzene rings is 5. The van der Waals surface area contributed by atoms with Crippen LogP contribution in [0.2, 0.25) is 10.0 Å². The van der Waals surface area contributed by atoms with Crippen molar-refractivity contribution < 1.29 is 9.53 Å². The highest BCUT2D eigenvalue weighted by Gasteiger charge is 2.48. The number of cyclic esters (lactones) is 1. The minimum absolute atomic E-state index is 0.404. The number of hydrogen-bond donors (Lipinski definition) is 0. The molecule has 0 amide bonds. The van der Waals surface area contributed by atoms with Gasteiger partial charge in [0.25, 0.3) is 0 Å². The van der Waals surface area contributed by atoms with Crippen LogP contribution in [-0.2, 0) is 10.3 Å². The van der Waals surface area contributed by atoms with Gasteiger partial charge in [0, 0.05) is 51.6 Å². The summed E-state index contributed by atoms with van der Waals surface area (Å²) in [5.74, 6) is -0.477. The molecule has 1 aliphatic heterocycles. The number of halogens is 6. The lowest BCUT2D eigenvalue weighted by Gasteiger charge is -2.28. The molecule has 0 N–H and O–H groups in total. The molecule has 50 heavy (non-hydrogen) atoms. The van der Waals surface area contributed by atoms with E-state index >= 15 is 0 Å². The quantitative estimate of drug-likeness (QED) is 0.0881. The average molecular weight is 961 g/mol. The number of carbonyl (C=O) groups excluding carboxylic acids is 1. The van der Waals surface area contributed by atoms with Gasteiger partial charge in [-0.05, 0) is 134 Å². The molecule has 0 atom stereocenters. The molecule has 0 radical (unpaired) electrons. The first kappa shape index (κ1) is 36.9. The van der Waals surface area contributed by atoms with Crippen LogP contribution in [0.1, 0.15) is 38.2 Å². The zero-order chi connectivity index (χ0) is 35.9. The van der Waals surface area contributed by atoms with Gasteiger partial charge in [-0.1, -0.05) is 96.0 Å². The Kier molecular flexibility index (Phi) is 11.1. The minimum atomic E-state index is -1.42. The molecule has 6 rings (SSSR count). The van der Waals surface area contributed by atoms with Crippen molar-refractivity contribution in [3.8, 4) is 0 Å². The molecule has 0 aromatic heterocycles. The molecule has 0 spiro atoms. The maximum absolute atomic E-state index is 14.2. The fourth-order valence-electron chi connectivity index (χ4n) is 6.10. The molecule has 4 nitrogen and oxygen atoms in total. The normalized spacial score (nSPS) is 15.9. The first-order chi connectivity index (χ1) is 23.8. The van der Waals surface area contributed by atoms with E-state index in [9.17, 15) is 4.79 Å². The van der Waals surface area contributed by atoms with Gasteiger partial charge in [-0.25, -0.2) is 4.79 Å². The number of hydrogen-bond acceptors (Lipinski definition) is 4. The summed E-state index contributed by atoms with van der Waals surface area (Å²) in [4.78, 5) is 18.1. The second kappa shape index (κ2) is 15.0. The molecule has 5 aromatic rings. The molecular weight excluding hydrogens is 931 g/mol. The lowest BCUT2D eigenvalue weighted by molar-refractivity contribution is 0.0298. The van der Waals surface area contributed by atoms with Crippen molar-refractivity contribution in [2.75, 3.05) is 38.0 Å². The van der Waals surface area contributed by atoms with E-state index in [1.54, 1.807) is 0 Å². The second-order valence-electron chi connectivity index (χ2n) is 12.2. The molecule has 1 heterocycles. The van der Waals surface area contributed by atoms with E-state index in [0.29, 0.717) is 34.6 Å². The van der Waals surface area contributed by atoms with E-state index in [4.69, 9.17) is 27.9 Å². The van der Waals surface area contributed by atoms with Crippen molar-refractivity contribution in [2.45, 2.75) is 5.60 Å². The monoisotopic (exact) mass is 956 g/mol. The summed E-state index contributed by atoms with van der Waals surface area (Å²) in [6, 6.07) is 32.0. The third-order valence-electron chi connectivity index (χ3n) is 8.49. The van der Waals surface area contributed by atoms with Gasteiger partial charge in [0.15, 0.2) is 5.60 Å². The maximum atomic E-state index is 14.2. The number of ether oxygens (including phenoxy) is 1. The fourth-order valence-corrected chi connectivity index (χ4v) is 9.38. The maximum Gasteiger partial charge on any atom is 0.341 e. The highest BCUT2D eigenvalue weighted by atomic mass is 79.9. The molecule has 5 aromatic carbocycles. The van der Waals surface area contributed by atoms with Crippen molar-refractivity contribution >= 4 is 115 Å². The van der Waals surface area contributed by atoms with E-state index in [1.165, 1.54) is 0 Å². The van der Waals surface area contributed by atoms with Crippen LogP contribution < -0.4 is 9.80 Å². The Morgan fingerprint density at radius 2 is 1.02 bits per heavy atom. The molecule has 0 fully saturated rings. The zero-order valence-corrected chi connectivity index (χ0v) is 35.2. The molecule has 0 bridgehead atoms. The van der Waals surface area contributed by atoms with Crippen LogP contribution in [0.4, 0.5) is 11.4 Å². The van der Waals surface area contributed by atoms with Gasteiger partial charge in [0.2, 0.25) is 0 Å². The zero-order valence-electron chi connectivity index (χ0n) is 27.4. The van der Waals surface area contributed by atoms with Crippen molar-refractivity contribution in [3.63, 3.8) is 0 Å². The number of esters is 1. The molecule has 0 aliphatic carbocycles. The van der Waals surface area contributed by atoms with Crippen LogP contribution in [0, 0.1) is 0 Å². The SMILES string of the molecule is CN(C)c1ccc(C(=CC2(C=C(c3ccccc3)c3ccc(N(C)C)c(Cl)c3)OC(=O)c3c(Br)c(Br)c(Br)c(Br)c32)c2ccccc2)cc1Cl. The number of nitrogens with zero attached hydrogens (tertiary/aromatic N) is 2. The minimum Gasteiger partial charge on any atom is -0.442 e. The van der Waals surface area contributed by atoms with Crippen molar-refractivity contribution in [3.05, 3.63) is 171 Å². The largest absolute Gasteiger partial charge is 0.442 e. The van der Waals surface area contributed by atoms with Gasteiger partial charge in [-0.3, -0.25) is 0 Å². The van der Waals surface area contributed by atoms with Crippen LogP contribution in [0.25, 0.3) is 11.1 Å². The number of fused-ring (bicyclic) bond motifs is 1. The highest BCUT2D eigenvalue weighted by molar-refractivity contribution is 9.15. The standard InChI is InChI=1S/C40H30Br4Cl2N2O2/c1-47(2)31-17-15-25(19-29(31)45)27(23-11-7-5-8-12-23)21-40(34-33(39(49)50-40)35(41)37(43)38(44)36(34)42)22-28(24-13-9-6-10-14-24)26-16-18-32(48(3)4)30(46)20-26/h5-22H,1-4H3. The number of rotatable bonds is 8. The molecular formula is C40H30Br4Cl2N2O2. The van der Waals surface area contributed by atoms with E-state index in [0.717, 1.165) is 49.2 Å². The summed E-state index contributed by atoms with van der Waals surface area (Å²) in [6.07, 6.45) is 4.03. The van der Waals surface area contributed by atoms with E-state index in [2.05, 4.69) is 63.7 Å². The number of anilines is 2. The van der Waals surface area contributed by atoms with Crippen molar-refractivity contribution in [2.24, 2.45) is 0 Å². The Hall–Kier alpha value is -2.85. The van der Waals surface area contributed by atoms with Gasteiger partial charge < -0.3 is 14.5 Å². The van der Waals surface area contributed by atoms with Gasteiger partial charge in [-0.2, -0.15) is 0 Å². The molecule has 254 valence electrons.